The standard InChI is InChI=1S/C19H27N3O2.ClH/c1-2-14-3-5-15(6-4-14)18(23)21-9-11-22(12-10-21)19(24)16-7-8-17(20)13-16;/h3-6,16-17H,2,7-13,20H2,1H3;1H. The van der Waals surface area contributed by atoms with Gasteiger partial charge in [-0.2, -0.15) is 0 Å². The molecule has 5 nitrogen and oxygen atoms in total. The van der Waals surface area contributed by atoms with E-state index in [0.717, 1.165) is 31.2 Å². The first-order valence-electron chi connectivity index (χ1n) is 9.01. The Balaban J connectivity index is 0.00000225. The van der Waals surface area contributed by atoms with Crippen LogP contribution in [0.1, 0.15) is 42.1 Å². The van der Waals surface area contributed by atoms with Gasteiger partial charge in [0.15, 0.2) is 0 Å². The molecule has 138 valence electrons. The Labute approximate surface area is 155 Å². The predicted octanol–water partition coefficient (Wildman–Crippen LogP) is 2.08. The van der Waals surface area contributed by atoms with E-state index in [1.807, 2.05) is 34.1 Å². The maximum atomic E-state index is 12.6. The summed E-state index contributed by atoms with van der Waals surface area (Å²) in [6, 6.07) is 8.00. The summed E-state index contributed by atoms with van der Waals surface area (Å²) in [5.74, 6) is 0.374. The van der Waals surface area contributed by atoms with Crippen LogP contribution >= 0.6 is 12.4 Å². The van der Waals surface area contributed by atoms with Gasteiger partial charge >= 0.3 is 0 Å². The molecule has 3 rings (SSSR count). The first kappa shape index (κ1) is 19.7. The third-order valence-electron chi connectivity index (χ3n) is 5.31. The molecule has 0 bridgehead atoms. The number of halogens is 1. The fourth-order valence-corrected chi connectivity index (χ4v) is 3.69. The van der Waals surface area contributed by atoms with Crippen molar-refractivity contribution in [2.45, 2.75) is 38.6 Å². The number of rotatable bonds is 3. The van der Waals surface area contributed by atoms with Gasteiger partial charge in [0.25, 0.3) is 5.91 Å². The van der Waals surface area contributed by atoms with Crippen molar-refractivity contribution in [2.75, 3.05) is 26.2 Å². The van der Waals surface area contributed by atoms with Crippen molar-refractivity contribution in [3.8, 4) is 0 Å². The first-order valence-corrected chi connectivity index (χ1v) is 9.01. The van der Waals surface area contributed by atoms with E-state index in [1.54, 1.807) is 0 Å². The lowest BCUT2D eigenvalue weighted by Crippen LogP contribution is -2.51. The Morgan fingerprint density at radius 3 is 2.16 bits per heavy atom. The number of aryl methyl sites for hydroxylation is 1. The third kappa shape index (κ3) is 4.53. The second-order valence-electron chi connectivity index (χ2n) is 6.94. The van der Waals surface area contributed by atoms with Gasteiger partial charge in [0, 0.05) is 43.7 Å². The highest BCUT2D eigenvalue weighted by Crippen LogP contribution is 2.26. The molecule has 1 aromatic carbocycles. The van der Waals surface area contributed by atoms with Gasteiger partial charge in [0.1, 0.15) is 0 Å². The minimum Gasteiger partial charge on any atom is -0.339 e. The van der Waals surface area contributed by atoms with Crippen LogP contribution in [0.3, 0.4) is 0 Å². The lowest BCUT2D eigenvalue weighted by atomic mass is 10.1. The summed E-state index contributed by atoms with van der Waals surface area (Å²) in [5, 5.41) is 0. The molecular formula is C19H28ClN3O2. The molecule has 1 aliphatic heterocycles. The van der Waals surface area contributed by atoms with Crippen LogP contribution in [-0.2, 0) is 11.2 Å². The van der Waals surface area contributed by atoms with Gasteiger partial charge in [0.2, 0.25) is 5.91 Å². The van der Waals surface area contributed by atoms with Crippen LogP contribution in [0, 0.1) is 5.92 Å². The molecule has 1 saturated carbocycles. The highest BCUT2D eigenvalue weighted by molar-refractivity contribution is 5.94. The summed E-state index contributed by atoms with van der Waals surface area (Å²) in [6.07, 6.45) is 3.63. The maximum Gasteiger partial charge on any atom is 0.253 e. The Bertz CT molecular complexity index is 597. The van der Waals surface area contributed by atoms with Crippen LogP contribution in [0.4, 0.5) is 0 Å². The van der Waals surface area contributed by atoms with Gasteiger partial charge in [-0.1, -0.05) is 19.1 Å². The monoisotopic (exact) mass is 365 g/mol. The second-order valence-corrected chi connectivity index (χ2v) is 6.94. The highest BCUT2D eigenvalue weighted by atomic mass is 35.5. The summed E-state index contributed by atoms with van der Waals surface area (Å²) < 4.78 is 0. The summed E-state index contributed by atoms with van der Waals surface area (Å²) in [4.78, 5) is 28.9. The molecule has 2 amide bonds. The van der Waals surface area contributed by atoms with Crippen LogP contribution in [0.25, 0.3) is 0 Å². The molecule has 1 heterocycles. The van der Waals surface area contributed by atoms with Gasteiger partial charge in [-0.3, -0.25) is 9.59 Å². The Morgan fingerprint density at radius 1 is 1.04 bits per heavy atom. The van der Waals surface area contributed by atoms with Crippen LogP contribution < -0.4 is 5.73 Å². The number of benzene rings is 1. The molecule has 2 fully saturated rings. The lowest BCUT2D eigenvalue weighted by molar-refractivity contribution is -0.136. The van der Waals surface area contributed by atoms with Crippen LogP contribution in [0.5, 0.6) is 0 Å². The molecule has 1 saturated heterocycles. The SMILES string of the molecule is CCc1ccc(C(=O)N2CCN(C(=O)C3CCC(N)C3)CC2)cc1.Cl. The van der Waals surface area contributed by atoms with Crippen molar-refractivity contribution in [3.63, 3.8) is 0 Å². The maximum absolute atomic E-state index is 12.6. The third-order valence-corrected chi connectivity index (χ3v) is 5.31. The highest BCUT2D eigenvalue weighted by Gasteiger charge is 2.33. The first-order chi connectivity index (χ1) is 11.6. The van der Waals surface area contributed by atoms with E-state index in [2.05, 4.69) is 6.92 Å². The molecule has 2 atom stereocenters. The normalized spacial score (nSPS) is 23.3. The molecule has 1 aromatic rings. The van der Waals surface area contributed by atoms with Crippen LogP contribution in [-0.4, -0.2) is 53.8 Å². The summed E-state index contributed by atoms with van der Waals surface area (Å²) >= 11 is 0. The van der Waals surface area contributed by atoms with Gasteiger partial charge < -0.3 is 15.5 Å². The number of nitrogens with zero attached hydrogens (tertiary/aromatic N) is 2. The van der Waals surface area contributed by atoms with Crippen molar-refractivity contribution in [1.82, 2.24) is 9.80 Å². The fourth-order valence-electron chi connectivity index (χ4n) is 3.69. The summed E-state index contributed by atoms with van der Waals surface area (Å²) in [7, 11) is 0. The zero-order valence-electron chi connectivity index (χ0n) is 14.8. The number of amides is 2. The number of nitrogens with two attached hydrogens (primary N) is 1. The van der Waals surface area contributed by atoms with Crippen molar-refractivity contribution in [1.29, 1.82) is 0 Å². The predicted molar refractivity (Wildman–Crippen MR) is 101 cm³/mol. The molecule has 0 radical (unpaired) electrons. The van der Waals surface area contributed by atoms with Gasteiger partial charge in [-0.25, -0.2) is 0 Å². The number of piperazine rings is 1. The summed E-state index contributed by atoms with van der Waals surface area (Å²) in [6.45, 7) is 4.58. The number of hydrogen-bond donors (Lipinski definition) is 1. The van der Waals surface area contributed by atoms with Crippen molar-refractivity contribution in [2.24, 2.45) is 11.7 Å². The zero-order valence-corrected chi connectivity index (χ0v) is 15.6. The quantitative estimate of drug-likeness (QED) is 0.891. The smallest absolute Gasteiger partial charge is 0.253 e. The van der Waals surface area contributed by atoms with Crippen LogP contribution in [0.15, 0.2) is 24.3 Å². The molecule has 25 heavy (non-hydrogen) atoms. The average molecular weight is 366 g/mol. The van der Waals surface area contributed by atoms with E-state index >= 15 is 0 Å². The fraction of sp³-hybridized carbons (Fsp3) is 0.579. The molecular weight excluding hydrogens is 338 g/mol. The number of carbonyl (C=O) groups is 2. The van der Waals surface area contributed by atoms with E-state index in [4.69, 9.17) is 5.73 Å². The van der Waals surface area contributed by atoms with E-state index < -0.39 is 0 Å². The Morgan fingerprint density at radius 2 is 1.64 bits per heavy atom. The molecule has 0 spiro atoms. The van der Waals surface area contributed by atoms with E-state index in [1.165, 1.54) is 5.56 Å². The second kappa shape index (κ2) is 8.68. The van der Waals surface area contributed by atoms with Gasteiger partial charge in [0.05, 0.1) is 0 Å². The topological polar surface area (TPSA) is 66.6 Å². The average Bonchev–Trinajstić information content (AvgIpc) is 3.07. The molecule has 2 N–H and O–H groups in total. The Kier molecular flexibility index (Phi) is 6.85. The van der Waals surface area contributed by atoms with Crippen molar-refractivity contribution < 1.29 is 9.59 Å². The van der Waals surface area contributed by atoms with Crippen LogP contribution in [0.2, 0.25) is 0 Å². The minimum absolute atomic E-state index is 0. The van der Waals surface area contributed by atoms with E-state index in [9.17, 15) is 9.59 Å². The number of carbonyl (C=O) groups excluding carboxylic acids is 2. The molecule has 2 unspecified atom stereocenters. The van der Waals surface area contributed by atoms with E-state index in [0.29, 0.717) is 26.2 Å². The summed E-state index contributed by atoms with van der Waals surface area (Å²) in [5.41, 5.74) is 7.88. The number of hydrogen-bond acceptors (Lipinski definition) is 3. The van der Waals surface area contributed by atoms with E-state index in [-0.39, 0.29) is 36.2 Å². The molecule has 1 aliphatic carbocycles. The van der Waals surface area contributed by atoms with Crippen molar-refractivity contribution in [3.05, 3.63) is 35.4 Å². The van der Waals surface area contributed by atoms with Gasteiger partial charge in [-0.15, -0.1) is 12.4 Å². The zero-order chi connectivity index (χ0) is 17.1. The minimum atomic E-state index is 0. The largest absolute Gasteiger partial charge is 0.339 e. The molecule has 6 heteroatoms. The molecule has 2 aliphatic rings. The van der Waals surface area contributed by atoms with Crippen molar-refractivity contribution >= 4 is 24.2 Å². The Hall–Kier alpha value is -1.59. The van der Waals surface area contributed by atoms with Gasteiger partial charge in [-0.05, 0) is 43.4 Å². The lowest BCUT2D eigenvalue weighted by Gasteiger charge is -2.36. The molecule has 0 aromatic heterocycles.